The summed E-state index contributed by atoms with van der Waals surface area (Å²) in [5, 5.41) is 9.53. The molecule has 0 aromatic carbocycles. The van der Waals surface area contributed by atoms with Gasteiger partial charge in [-0.05, 0) is 34.1 Å². The van der Waals surface area contributed by atoms with E-state index < -0.39 is 0 Å². The van der Waals surface area contributed by atoms with Crippen molar-refractivity contribution in [2.75, 3.05) is 0 Å². The molecule has 0 atom stereocenters. The Hall–Kier alpha value is -1.47. The minimum atomic E-state index is 0.391. The van der Waals surface area contributed by atoms with Gasteiger partial charge in [-0.2, -0.15) is 5.26 Å². The molecule has 2 aromatic rings. The molecule has 0 amide bonds. The SMILES string of the molecule is N#Cc1ccc2cc(Br)cnc2n1. The number of nitrogens with zero attached hydrogens (tertiary/aromatic N) is 3. The van der Waals surface area contributed by atoms with Crippen molar-refractivity contribution in [2.45, 2.75) is 0 Å². The predicted octanol–water partition coefficient (Wildman–Crippen LogP) is 2.26. The van der Waals surface area contributed by atoms with Crippen molar-refractivity contribution in [1.29, 1.82) is 5.26 Å². The van der Waals surface area contributed by atoms with Crippen LogP contribution in [0.4, 0.5) is 0 Å². The first-order valence-electron chi connectivity index (χ1n) is 3.62. The first-order chi connectivity index (χ1) is 6.29. The molecule has 3 nitrogen and oxygen atoms in total. The minimum absolute atomic E-state index is 0.391. The van der Waals surface area contributed by atoms with Gasteiger partial charge in [-0.15, -0.1) is 0 Å². The zero-order valence-electron chi connectivity index (χ0n) is 6.53. The summed E-state index contributed by atoms with van der Waals surface area (Å²) in [5.74, 6) is 0. The molecule has 0 aliphatic heterocycles. The lowest BCUT2D eigenvalue weighted by Crippen LogP contribution is -1.86. The second-order valence-corrected chi connectivity index (χ2v) is 3.42. The highest BCUT2D eigenvalue weighted by Crippen LogP contribution is 2.15. The van der Waals surface area contributed by atoms with Crippen LogP contribution in [-0.4, -0.2) is 9.97 Å². The number of pyridine rings is 2. The van der Waals surface area contributed by atoms with Gasteiger partial charge in [0.2, 0.25) is 0 Å². The van der Waals surface area contributed by atoms with E-state index in [-0.39, 0.29) is 0 Å². The van der Waals surface area contributed by atoms with Crippen LogP contribution in [-0.2, 0) is 0 Å². The zero-order chi connectivity index (χ0) is 9.26. The quantitative estimate of drug-likeness (QED) is 0.702. The Bertz CT molecular complexity index is 502. The lowest BCUT2D eigenvalue weighted by atomic mass is 10.2. The molecule has 0 unspecified atom stereocenters. The maximum atomic E-state index is 8.60. The fraction of sp³-hybridized carbons (Fsp3) is 0. The van der Waals surface area contributed by atoms with E-state index in [4.69, 9.17) is 5.26 Å². The predicted molar refractivity (Wildman–Crippen MR) is 52.0 cm³/mol. The van der Waals surface area contributed by atoms with Crippen molar-refractivity contribution in [3.8, 4) is 6.07 Å². The molecule has 2 aromatic heterocycles. The first kappa shape index (κ1) is 8.14. The van der Waals surface area contributed by atoms with Gasteiger partial charge in [-0.1, -0.05) is 0 Å². The van der Waals surface area contributed by atoms with E-state index in [1.54, 1.807) is 12.3 Å². The molecular formula is C9H4BrN3. The zero-order valence-corrected chi connectivity index (χ0v) is 8.12. The van der Waals surface area contributed by atoms with E-state index in [2.05, 4.69) is 25.9 Å². The fourth-order valence-corrected chi connectivity index (χ4v) is 1.40. The maximum absolute atomic E-state index is 8.60. The van der Waals surface area contributed by atoms with Gasteiger partial charge < -0.3 is 0 Å². The highest BCUT2D eigenvalue weighted by atomic mass is 79.9. The van der Waals surface area contributed by atoms with Crippen molar-refractivity contribution in [2.24, 2.45) is 0 Å². The molecule has 0 spiro atoms. The number of hydrogen-bond acceptors (Lipinski definition) is 3. The van der Waals surface area contributed by atoms with Crippen LogP contribution >= 0.6 is 15.9 Å². The molecule has 0 saturated carbocycles. The van der Waals surface area contributed by atoms with Crippen molar-refractivity contribution in [3.63, 3.8) is 0 Å². The lowest BCUT2D eigenvalue weighted by molar-refractivity contribution is 1.24. The van der Waals surface area contributed by atoms with E-state index in [1.165, 1.54) is 0 Å². The molecule has 0 aliphatic rings. The third-order valence-corrected chi connectivity index (χ3v) is 2.06. The van der Waals surface area contributed by atoms with Gasteiger partial charge in [0.05, 0.1) is 0 Å². The third-order valence-electron chi connectivity index (χ3n) is 1.62. The Labute approximate surface area is 83.2 Å². The van der Waals surface area contributed by atoms with E-state index in [0.717, 1.165) is 9.86 Å². The number of nitriles is 1. The standard InChI is InChI=1S/C9H4BrN3/c10-7-3-6-1-2-8(4-11)13-9(6)12-5-7/h1-3,5H. The number of hydrogen-bond donors (Lipinski definition) is 0. The van der Waals surface area contributed by atoms with Crippen molar-refractivity contribution in [1.82, 2.24) is 9.97 Å². The Morgan fingerprint density at radius 3 is 3.00 bits per heavy atom. The first-order valence-corrected chi connectivity index (χ1v) is 4.41. The van der Waals surface area contributed by atoms with Crippen molar-refractivity contribution < 1.29 is 0 Å². The second-order valence-electron chi connectivity index (χ2n) is 2.51. The number of halogens is 1. The Morgan fingerprint density at radius 1 is 1.38 bits per heavy atom. The molecular weight excluding hydrogens is 230 g/mol. The summed E-state index contributed by atoms with van der Waals surface area (Å²) in [4.78, 5) is 8.12. The fourth-order valence-electron chi connectivity index (χ4n) is 1.05. The van der Waals surface area contributed by atoms with Gasteiger partial charge in [0.25, 0.3) is 0 Å². The average molecular weight is 234 g/mol. The molecule has 0 aliphatic carbocycles. The van der Waals surface area contributed by atoms with Crippen LogP contribution in [0.2, 0.25) is 0 Å². The largest absolute Gasteiger partial charge is 0.235 e. The van der Waals surface area contributed by atoms with Gasteiger partial charge in [0, 0.05) is 16.1 Å². The maximum Gasteiger partial charge on any atom is 0.160 e. The van der Waals surface area contributed by atoms with Crippen LogP contribution in [0, 0.1) is 11.3 Å². The summed E-state index contributed by atoms with van der Waals surface area (Å²) >= 11 is 3.31. The van der Waals surface area contributed by atoms with Crippen molar-refractivity contribution >= 4 is 27.0 Å². The average Bonchev–Trinajstić information content (AvgIpc) is 2.17. The van der Waals surface area contributed by atoms with Gasteiger partial charge in [-0.3, -0.25) is 0 Å². The van der Waals surface area contributed by atoms with E-state index in [1.807, 2.05) is 18.2 Å². The Kier molecular flexibility index (Phi) is 1.95. The molecule has 62 valence electrons. The smallest absolute Gasteiger partial charge is 0.160 e. The van der Waals surface area contributed by atoms with Gasteiger partial charge >= 0.3 is 0 Å². The minimum Gasteiger partial charge on any atom is -0.235 e. The summed E-state index contributed by atoms with van der Waals surface area (Å²) in [6.07, 6.45) is 1.66. The lowest BCUT2D eigenvalue weighted by Gasteiger charge is -1.96. The highest BCUT2D eigenvalue weighted by Gasteiger charge is 1.98. The summed E-state index contributed by atoms with van der Waals surface area (Å²) in [5.41, 5.74) is 0.990. The topological polar surface area (TPSA) is 49.6 Å². The van der Waals surface area contributed by atoms with E-state index >= 15 is 0 Å². The monoisotopic (exact) mass is 233 g/mol. The summed E-state index contributed by atoms with van der Waals surface area (Å²) < 4.78 is 0.909. The van der Waals surface area contributed by atoms with E-state index in [0.29, 0.717) is 11.3 Å². The van der Waals surface area contributed by atoms with Crippen LogP contribution in [0.1, 0.15) is 5.69 Å². The van der Waals surface area contributed by atoms with Crippen LogP contribution in [0.15, 0.2) is 28.9 Å². The molecule has 0 radical (unpaired) electrons. The van der Waals surface area contributed by atoms with Gasteiger partial charge in [-0.25, -0.2) is 9.97 Å². The normalized spacial score (nSPS) is 9.85. The highest BCUT2D eigenvalue weighted by molar-refractivity contribution is 9.10. The molecule has 2 rings (SSSR count). The molecule has 2 heterocycles. The molecule has 0 saturated heterocycles. The third kappa shape index (κ3) is 1.51. The molecule has 0 fully saturated rings. The van der Waals surface area contributed by atoms with Crippen LogP contribution in [0.3, 0.4) is 0 Å². The van der Waals surface area contributed by atoms with Crippen LogP contribution in [0.25, 0.3) is 11.0 Å². The Morgan fingerprint density at radius 2 is 2.23 bits per heavy atom. The van der Waals surface area contributed by atoms with Gasteiger partial charge in [0.15, 0.2) is 5.65 Å². The number of fused-ring (bicyclic) bond motifs is 1. The summed E-state index contributed by atoms with van der Waals surface area (Å²) in [7, 11) is 0. The van der Waals surface area contributed by atoms with E-state index in [9.17, 15) is 0 Å². The second kappa shape index (κ2) is 3.11. The van der Waals surface area contributed by atoms with Crippen LogP contribution < -0.4 is 0 Å². The number of rotatable bonds is 0. The molecule has 0 bridgehead atoms. The molecule has 13 heavy (non-hydrogen) atoms. The van der Waals surface area contributed by atoms with Gasteiger partial charge in [0.1, 0.15) is 11.8 Å². The molecule has 4 heteroatoms. The Balaban J connectivity index is 2.75. The summed E-state index contributed by atoms with van der Waals surface area (Å²) in [6.45, 7) is 0. The van der Waals surface area contributed by atoms with Crippen LogP contribution in [0.5, 0.6) is 0 Å². The number of aromatic nitrogens is 2. The summed E-state index contributed by atoms with van der Waals surface area (Å²) in [6, 6.07) is 7.39. The van der Waals surface area contributed by atoms with Crippen molar-refractivity contribution in [3.05, 3.63) is 34.6 Å². The molecule has 0 N–H and O–H groups in total.